The van der Waals surface area contributed by atoms with Crippen molar-refractivity contribution in [2.45, 2.75) is 25.3 Å². The van der Waals surface area contributed by atoms with Gasteiger partial charge in [-0.2, -0.15) is 0 Å². The maximum atomic E-state index is 12.7. The van der Waals surface area contributed by atoms with Gasteiger partial charge >= 0.3 is 5.69 Å². The second-order valence-electron chi connectivity index (χ2n) is 5.81. The van der Waals surface area contributed by atoms with E-state index in [9.17, 15) is 14.4 Å². The fourth-order valence-corrected chi connectivity index (χ4v) is 3.68. The molecule has 3 rings (SSSR count). The van der Waals surface area contributed by atoms with Crippen LogP contribution in [-0.2, 0) is 16.6 Å². The van der Waals surface area contributed by atoms with Crippen LogP contribution in [0.5, 0.6) is 0 Å². The molecule has 1 atom stereocenters. The van der Waals surface area contributed by atoms with Gasteiger partial charge in [-0.3, -0.25) is 24.0 Å². The molecule has 0 bridgehead atoms. The molecular formula is C17H17BrN4O3. The van der Waals surface area contributed by atoms with E-state index in [0.717, 1.165) is 5.56 Å². The van der Waals surface area contributed by atoms with Gasteiger partial charge in [0, 0.05) is 32.0 Å². The maximum absolute atomic E-state index is 12.7. The van der Waals surface area contributed by atoms with Crippen molar-refractivity contribution < 1.29 is 9.59 Å². The van der Waals surface area contributed by atoms with E-state index in [-0.39, 0.29) is 18.0 Å². The largest absolute Gasteiger partial charge is 0.330 e. The lowest BCUT2D eigenvalue weighted by Crippen LogP contribution is -2.44. The van der Waals surface area contributed by atoms with Crippen LogP contribution in [0.25, 0.3) is 11.0 Å². The summed E-state index contributed by atoms with van der Waals surface area (Å²) in [7, 11) is 1.65. The molecule has 3 N–H and O–H groups in total. The highest BCUT2D eigenvalue weighted by Gasteiger charge is 2.31. The van der Waals surface area contributed by atoms with E-state index in [4.69, 9.17) is 5.73 Å². The summed E-state index contributed by atoms with van der Waals surface area (Å²) >= 11 is 3.52. The Kier molecular flexibility index (Phi) is 4.79. The lowest BCUT2D eigenvalue weighted by molar-refractivity contribution is -0.135. The summed E-state index contributed by atoms with van der Waals surface area (Å²) < 4.78 is 3.62. The minimum Gasteiger partial charge on any atom is -0.330 e. The molecule has 1 saturated heterocycles. The molecule has 1 fully saturated rings. The third kappa shape index (κ3) is 3.01. The van der Waals surface area contributed by atoms with Crippen LogP contribution in [0.1, 0.15) is 30.9 Å². The number of aromatic nitrogens is 2. The molecule has 0 radical (unpaired) electrons. The Hall–Kier alpha value is -2.37. The Morgan fingerprint density at radius 2 is 2.12 bits per heavy atom. The number of aryl methyl sites for hydroxylation is 1. The molecule has 0 aliphatic carbocycles. The van der Waals surface area contributed by atoms with E-state index in [1.807, 2.05) is 0 Å². The minimum absolute atomic E-state index is 0.211. The highest BCUT2D eigenvalue weighted by molar-refractivity contribution is 9.10. The van der Waals surface area contributed by atoms with Crippen LogP contribution in [0.3, 0.4) is 0 Å². The number of nitrogens with zero attached hydrogens (tertiary/aromatic N) is 2. The summed E-state index contributed by atoms with van der Waals surface area (Å²) in [4.78, 5) is 36.3. The number of nitrogens with two attached hydrogens (primary N) is 1. The zero-order chi connectivity index (χ0) is 18.1. The first-order valence-corrected chi connectivity index (χ1v) is 8.67. The topological polar surface area (TPSA) is 99.1 Å². The number of carbonyl (C=O) groups excluding carboxylic acids is 2. The van der Waals surface area contributed by atoms with Crippen LogP contribution in [0, 0.1) is 11.8 Å². The Bertz CT molecular complexity index is 993. The number of fused-ring (bicyclic) bond motifs is 1. The van der Waals surface area contributed by atoms with Gasteiger partial charge in [-0.1, -0.05) is 11.8 Å². The van der Waals surface area contributed by atoms with Gasteiger partial charge in [-0.15, -0.1) is 0 Å². The molecule has 25 heavy (non-hydrogen) atoms. The van der Waals surface area contributed by atoms with Crippen LogP contribution in [-0.4, -0.2) is 27.5 Å². The lowest BCUT2D eigenvalue weighted by Gasteiger charge is -2.21. The predicted molar refractivity (Wildman–Crippen MR) is 96.8 cm³/mol. The number of imidazole rings is 1. The Balaban J connectivity index is 2.16. The molecule has 0 saturated carbocycles. The van der Waals surface area contributed by atoms with Gasteiger partial charge in [0.25, 0.3) is 0 Å². The fraction of sp³-hybridized carbons (Fsp3) is 0.353. The third-order valence-corrected chi connectivity index (χ3v) is 5.00. The van der Waals surface area contributed by atoms with Gasteiger partial charge in [0.1, 0.15) is 6.04 Å². The molecule has 7 nitrogen and oxygen atoms in total. The van der Waals surface area contributed by atoms with Crippen molar-refractivity contribution in [3.05, 3.63) is 32.7 Å². The van der Waals surface area contributed by atoms with Crippen LogP contribution in [0.15, 0.2) is 21.4 Å². The Morgan fingerprint density at radius 3 is 2.80 bits per heavy atom. The van der Waals surface area contributed by atoms with Crippen LogP contribution in [0.2, 0.25) is 0 Å². The molecule has 1 aliphatic heterocycles. The average Bonchev–Trinajstić information content (AvgIpc) is 2.82. The summed E-state index contributed by atoms with van der Waals surface area (Å²) in [6.07, 6.45) is 1.10. The molecule has 2 aromatic rings. The summed E-state index contributed by atoms with van der Waals surface area (Å²) in [5.41, 5.74) is 7.17. The zero-order valence-electron chi connectivity index (χ0n) is 13.6. The van der Waals surface area contributed by atoms with Gasteiger partial charge in [0.15, 0.2) is 0 Å². The molecule has 1 aromatic heterocycles. The van der Waals surface area contributed by atoms with Crippen molar-refractivity contribution in [1.29, 1.82) is 0 Å². The number of carbonyl (C=O) groups is 2. The molecule has 2 amide bonds. The normalized spacial score (nSPS) is 17.3. The molecule has 8 heteroatoms. The number of piperidine rings is 1. The highest BCUT2D eigenvalue weighted by Crippen LogP contribution is 2.29. The summed E-state index contributed by atoms with van der Waals surface area (Å²) in [6, 6.07) is 2.88. The number of benzene rings is 1. The third-order valence-electron chi connectivity index (χ3n) is 4.20. The Morgan fingerprint density at radius 1 is 1.36 bits per heavy atom. The van der Waals surface area contributed by atoms with Crippen molar-refractivity contribution in [1.82, 2.24) is 14.5 Å². The van der Waals surface area contributed by atoms with E-state index in [1.54, 1.807) is 19.2 Å². The molecule has 1 aliphatic rings. The molecular weight excluding hydrogens is 388 g/mol. The van der Waals surface area contributed by atoms with E-state index < -0.39 is 11.9 Å². The first-order valence-electron chi connectivity index (χ1n) is 7.87. The monoisotopic (exact) mass is 404 g/mol. The number of nitrogens with one attached hydrogen (secondary N) is 1. The predicted octanol–water partition coefficient (Wildman–Crippen LogP) is 0.781. The number of amides is 2. The summed E-state index contributed by atoms with van der Waals surface area (Å²) in [5.74, 6) is 5.24. The number of rotatable bonds is 2. The maximum Gasteiger partial charge on any atom is 0.329 e. The average molecular weight is 405 g/mol. The van der Waals surface area contributed by atoms with Gasteiger partial charge in [-0.05, 0) is 34.5 Å². The van der Waals surface area contributed by atoms with E-state index in [1.165, 1.54) is 9.13 Å². The molecule has 2 heterocycles. The number of imide groups is 1. The number of hydrogen-bond acceptors (Lipinski definition) is 4. The highest BCUT2D eigenvalue weighted by atomic mass is 79.9. The van der Waals surface area contributed by atoms with Gasteiger partial charge in [0.05, 0.1) is 15.5 Å². The number of halogens is 1. The smallest absolute Gasteiger partial charge is 0.329 e. The fourth-order valence-electron chi connectivity index (χ4n) is 2.98. The van der Waals surface area contributed by atoms with E-state index >= 15 is 0 Å². The van der Waals surface area contributed by atoms with Gasteiger partial charge in [0.2, 0.25) is 11.8 Å². The first-order chi connectivity index (χ1) is 12.0. The quantitative estimate of drug-likeness (QED) is 0.570. The first kappa shape index (κ1) is 17.5. The van der Waals surface area contributed by atoms with E-state index in [0.29, 0.717) is 34.9 Å². The van der Waals surface area contributed by atoms with Gasteiger partial charge < -0.3 is 5.73 Å². The van der Waals surface area contributed by atoms with E-state index in [2.05, 4.69) is 33.1 Å². The van der Waals surface area contributed by atoms with Crippen molar-refractivity contribution in [3.8, 4) is 11.8 Å². The van der Waals surface area contributed by atoms with Crippen LogP contribution in [0.4, 0.5) is 0 Å². The summed E-state index contributed by atoms with van der Waals surface area (Å²) in [6.45, 7) is 0.483. The van der Waals surface area contributed by atoms with Crippen LogP contribution >= 0.6 is 15.9 Å². The SMILES string of the molecule is Cn1c(=O)n(C2CCC(=O)NC2=O)c2ccc(C#CCCN)c(Br)c21. The van der Waals surface area contributed by atoms with Crippen molar-refractivity contribution >= 4 is 38.8 Å². The van der Waals surface area contributed by atoms with Crippen molar-refractivity contribution in [3.63, 3.8) is 0 Å². The van der Waals surface area contributed by atoms with Crippen molar-refractivity contribution in [2.24, 2.45) is 12.8 Å². The molecule has 130 valence electrons. The van der Waals surface area contributed by atoms with Crippen LogP contribution < -0.4 is 16.7 Å². The summed E-state index contributed by atoms with van der Waals surface area (Å²) in [5, 5.41) is 2.30. The number of hydrogen-bond donors (Lipinski definition) is 2. The zero-order valence-corrected chi connectivity index (χ0v) is 15.2. The standard InChI is InChI=1S/C17H17BrN4O3/c1-21-15-11(6-5-10(14(15)18)4-2-3-9-19)22(17(21)25)12-7-8-13(23)20-16(12)24/h5-6,12H,3,7-9,19H2,1H3,(H,20,23,24). The lowest BCUT2D eigenvalue weighted by atomic mass is 10.1. The molecule has 1 aromatic carbocycles. The second kappa shape index (κ2) is 6.86. The van der Waals surface area contributed by atoms with Crippen molar-refractivity contribution in [2.75, 3.05) is 6.54 Å². The second-order valence-corrected chi connectivity index (χ2v) is 6.61. The Labute approximate surface area is 152 Å². The molecule has 1 unspecified atom stereocenters. The minimum atomic E-state index is -0.699. The van der Waals surface area contributed by atoms with Gasteiger partial charge in [-0.25, -0.2) is 4.79 Å². The molecule has 0 spiro atoms.